The highest BCUT2D eigenvalue weighted by Gasteiger charge is 2.22. The first-order valence-corrected chi connectivity index (χ1v) is 11.0. The molecule has 29 heavy (non-hydrogen) atoms. The molecule has 4 N–H and O–H groups in total. The van der Waals surface area contributed by atoms with E-state index in [2.05, 4.69) is 12.2 Å². The lowest BCUT2D eigenvalue weighted by molar-refractivity contribution is -0.122. The lowest BCUT2D eigenvalue weighted by atomic mass is 9.92. The largest absolute Gasteiger partial charge is 0.493 e. The molecule has 6 nitrogen and oxygen atoms in total. The molecular formula is C23H38N2O4. The van der Waals surface area contributed by atoms with Crippen molar-refractivity contribution in [2.24, 2.45) is 11.7 Å². The van der Waals surface area contributed by atoms with E-state index in [1.807, 2.05) is 18.2 Å². The lowest BCUT2D eigenvalue weighted by Crippen LogP contribution is -2.32. The molecule has 2 unspecified atom stereocenters. The summed E-state index contributed by atoms with van der Waals surface area (Å²) in [6.07, 6.45) is 9.07. The highest BCUT2D eigenvalue weighted by atomic mass is 16.5. The predicted octanol–water partition coefficient (Wildman–Crippen LogP) is 3.19. The van der Waals surface area contributed by atoms with Crippen LogP contribution in [0, 0.1) is 5.92 Å². The maximum Gasteiger partial charge on any atom is 0.220 e. The third-order valence-electron chi connectivity index (χ3n) is 5.42. The third-order valence-corrected chi connectivity index (χ3v) is 5.42. The number of rotatable bonds is 16. The van der Waals surface area contributed by atoms with Crippen LogP contribution in [0.4, 0.5) is 0 Å². The van der Waals surface area contributed by atoms with Crippen LogP contribution >= 0.6 is 0 Å². The molecule has 1 aromatic rings. The Hall–Kier alpha value is -1.79. The van der Waals surface area contributed by atoms with Crippen molar-refractivity contribution in [1.29, 1.82) is 0 Å². The maximum atomic E-state index is 11.9. The number of hydrogen-bond acceptors (Lipinski definition) is 5. The van der Waals surface area contributed by atoms with Crippen LogP contribution in [0.15, 0.2) is 18.2 Å². The summed E-state index contributed by atoms with van der Waals surface area (Å²) < 4.78 is 11.2. The fourth-order valence-corrected chi connectivity index (χ4v) is 3.42. The zero-order chi connectivity index (χ0) is 21.1. The van der Waals surface area contributed by atoms with Gasteiger partial charge in [0.25, 0.3) is 0 Å². The highest BCUT2D eigenvalue weighted by molar-refractivity contribution is 5.77. The van der Waals surface area contributed by atoms with Crippen molar-refractivity contribution < 1.29 is 19.4 Å². The normalized spacial score (nSPS) is 15.7. The van der Waals surface area contributed by atoms with E-state index in [0.29, 0.717) is 30.5 Å². The van der Waals surface area contributed by atoms with Crippen molar-refractivity contribution in [3.05, 3.63) is 23.8 Å². The van der Waals surface area contributed by atoms with Gasteiger partial charge < -0.3 is 25.6 Å². The molecule has 6 heteroatoms. The Balaban J connectivity index is 1.85. The second-order valence-corrected chi connectivity index (χ2v) is 8.14. The molecule has 0 bridgehead atoms. The Labute approximate surface area is 175 Å². The summed E-state index contributed by atoms with van der Waals surface area (Å²) >= 11 is 0. The number of carbonyl (C=O) groups excluding carboxylic acids is 1. The zero-order valence-electron chi connectivity index (χ0n) is 18.0. The Morgan fingerprint density at radius 3 is 2.66 bits per heavy atom. The lowest BCUT2D eigenvalue weighted by Gasteiger charge is -2.17. The number of ether oxygens (including phenoxy) is 2. The molecule has 0 aliphatic heterocycles. The fraction of sp³-hybridized carbons (Fsp3) is 0.696. The zero-order valence-corrected chi connectivity index (χ0v) is 18.0. The van der Waals surface area contributed by atoms with Gasteiger partial charge in [-0.1, -0.05) is 45.1 Å². The number of benzene rings is 1. The minimum absolute atomic E-state index is 0.163. The van der Waals surface area contributed by atoms with E-state index in [4.69, 9.17) is 15.2 Å². The molecule has 2 atom stereocenters. The molecule has 0 heterocycles. The van der Waals surface area contributed by atoms with Gasteiger partial charge in [-0.15, -0.1) is 0 Å². The molecule has 0 spiro atoms. The molecule has 2 rings (SSSR count). The summed E-state index contributed by atoms with van der Waals surface area (Å²) in [5.41, 5.74) is 6.63. The summed E-state index contributed by atoms with van der Waals surface area (Å²) in [7, 11) is 1.59. The molecule has 164 valence electrons. The summed E-state index contributed by atoms with van der Waals surface area (Å²) in [6, 6.07) is 6.24. The number of unbranched alkanes of at least 4 members (excludes halogenated alkanes) is 4. The van der Waals surface area contributed by atoms with Crippen LogP contribution in [0.5, 0.6) is 11.5 Å². The van der Waals surface area contributed by atoms with Crippen LogP contribution in [0.25, 0.3) is 0 Å². The summed E-state index contributed by atoms with van der Waals surface area (Å²) in [6.45, 7) is 2.93. The Kier molecular flexibility index (Phi) is 10.3. The molecule has 0 radical (unpaired) electrons. The third kappa shape index (κ3) is 9.05. The monoisotopic (exact) mass is 406 g/mol. The van der Waals surface area contributed by atoms with Gasteiger partial charge in [-0.25, -0.2) is 0 Å². The average molecular weight is 407 g/mol. The van der Waals surface area contributed by atoms with Crippen LogP contribution in [-0.2, 0) is 11.2 Å². The summed E-state index contributed by atoms with van der Waals surface area (Å²) in [4.78, 5) is 11.9. The van der Waals surface area contributed by atoms with Gasteiger partial charge in [0.2, 0.25) is 5.91 Å². The van der Waals surface area contributed by atoms with Crippen LogP contribution in [0.3, 0.4) is 0 Å². The van der Waals surface area contributed by atoms with Crippen LogP contribution in [0.1, 0.15) is 63.9 Å². The van der Waals surface area contributed by atoms with Gasteiger partial charge in [0.05, 0.1) is 7.11 Å². The SMILES string of the molecule is CCCCCCCC(Cc1ccc(OCC(O)CNC2CC2)c(OC)c1)C(N)=O. The minimum Gasteiger partial charge on any atom is -0.493 e. The number of methoxy groups -OCH3 is 1. The van der Waals surface area contributed by atoms with Crippen LogP contribution < -0.4 is 20.5 Å². The van der Waals surface area contributed by atoms with E-state index in [9.17, 15) is 9.90 Å². The molecule has 1 saturated carbocycles. The number of primary amides is 1. The quantitative estimate of drug-likeness (QED) is 0.367. The molecule has 1 aromatic carbocycles. The molecule has 1 fully saturated rings. The number of nitrogens with one attached hydrogen (secondary N) is 1. The number of hydrogen-bond donors (Lipinski definition) is 3. The second-order valence-electron chi connectivity index (χ2n) is 8.14. The van der Waals surface area contributed by atoms with E-state index >= 15 is 0 Å². The average Bonchev–Trinajstić information content (AvgIpc) is 3.54. The van der Waals surface area contributed by atoms with E-state index in [-0.39, 0.29) is 18.4 Å². The van der Waals surface area contributed by atoms with Crippen molar-refractivity contribution in [2.45, 2.75) is 76.9 Å². The minimum atomic E-state index is -0.563. The van der Waals surface area contributed by atoms with E-state index in [1.165, 1.54) is 32.1 Å². The van der Waals surface area contributed by atoms with Gasteiger partial charge in [0, 0.05) is 18.5 Å². The number of nitrogens with two attached hydrogens (primary N) is 1. The molecule has 1 aliphatic rings. The van der Waals surface area contributed by atoms with Gasteiger partial charge >= 0.3 is 0 Å². The van der Waals surface area contributed by atoms with Crippen LogP contribution in [-0.4, -0.2) is 43.4 Å². The first-order valence-electron chi connectivity index (χ1n) is 11.0. The Morgan fingerprint density at radius 1 is 1.24 bits per heavy atom. The summed E-state index contributed by atoms with van der Waals surface area (Å²) in [5.74, 6) is 0.794. The van der Waals surface area contributed by atoms with E-state index < -0.39 is 6.10 Å². The fourth-order valence-electron chi connectivity index (χ4n) is 3.42. The molecule has 1 amide bonds. The summed E-state index contributed by atoms with van der Waals surface area (Å²) in [5, 5.41) is 13.3. The van der Waals surface area contributed by atoms with Crippen molar-refractivity contribution in [1.82, 2.24) is 5.32 Å². The van der Waals surface area contributed by atoms with Crippen molar-refractivity contribution in [2.75, 3.05) is 20.3 Å². The smallest absolute Gasteiger partial charge is 0.220 e. The van der Waals surface area contributed by atoms with Gasteiger partial charge in [-0.05, 0) is 43.4 Å². The van der Waals surface area contributed by atoms with Gasteiger partial charge in [0.1, 0.15) is 12.7 Å². The first-order chi connectivity index (χ1) is 14.0. The molecule has 1 aliphatic carbocycles. The Bertz CT molecular complexity index is 619. The Morgan fingerprint density at radius 2 is 2.00 bits per heavy atom. The standard InChI is InChI=1S/C23H38N2O4/c1-3-4-5-6-7-8-18(23(24)27)13-17-9-12-21(22(14-17)28-2)29-16-20(26)15-25-19-10-11-19/h9,12,14,18-20,25-26H,3-8,10-11,13,15-16H2,1-2H3,(H2,24,27). The second kappa shape index (κ2) is 12.7. The van der Waals surface area contributed by atoms with Gasteiger partial charge in [0.15, 0.2) is 11.5 Å². The number of amides is 1. The van der Waals surface area contributed by atoms with E-state index in [0.717, 1.165) is 24.8 Å². The molecular weight excluding hydrogens is 368 g/mol. The molecule has 0 saturated heterocycles. The topological polar surface area (TPSA) is 93.8 Å². The highest BCUT2D eigenvalue weighted by Crippen LogP contribution is 2.30. The molecule has 0 aromatic heterocycles. The van der Waals surface area contributed by atoms with Gasteiger partial charge in [-0.3, -0.25) is 4.79 Å². The first kappa shape index (κ1) is 23.5. The number of aliphatic hydroxyl groups excluding tert-OH is 1. The number of aliphatic hydroxyl groups is 1. The van der Waals surface area contributed by atoms with Crippen LogP contribution in [0.2, 0.25) is 0 Å². The van der Waals surface area contributed by atoms with E-state index in [1.54, 1.807) is 7.11 Å². The van der Waals surface area contributed by atoms with Gasteiger partial charge in [-0.2, -0.15) is 0 Å². The number of carbonyl (C=O) groups is 1. The predicted molar refractivity (Wildman–Crippen MR) is 115 cm³/mol. The maximum absolute atomic E-state index is 11.9. The van der Waals surface area contributed by atoms with Crippen molar-refractivity contribution in [3.8, 4) is 11.5 Å². The van der Waals surface area contributed by atoms with Crippen molar-refractivity contribution in [3.63, 3.8) is 0 Å². The van der Waals surface area contributed by atoms with Crippen molar-refractivity contribution >= 4 is 5.91 Å².